The minimum absolute atomic E-state index is 0.0509. The molecule has 19 heavy (non-hydrogen) atoms. The number of carbonyl (C=O) groups is 3. The Bertz CT molecular complexity index is 387. The van der Waals surface area contributed by atoms with Gasteiger partial charge in [-0.15, -0.1) is 0 Å². The highest BCUT2D eigenvalue weighted by molar-refractivity contribution is 5.91. The Morgan fingerprint density at radius 2 is 2.00 bits per heavy atom. The lowest BCUT2D eigenvalue weighted by Crippen LogP contribution is -2.44. The fourth-order valence-electron chi connectivity index (χ4n) is 1.82. The average Bonchev–Trinajstić information content (AvgIpc) is 2.56. The van der Waals surface area contributed by atoms with Crippen LogP contribution in [0.1, 0.15) is 34.1 Å². The lowest BCUT2D eigenvalue weighted by atomic mass is 10.1. The summed E-state index contributed by atoms with van der Waals surface area (Å²) in [5, 5.41) is 2.59. The molecule has 1 N–H and O–H groups in total. The van der Waals surface area contributed by atoms with Gasteiger partial charge in [0.05, 0.1) is 5.92 Å². The summed E-state index contributed by atoms with van der Waals surface area (Å²) >= 11 is 0. The van der Waals surface area contributed by atoms with Gasteiger partial charge in [-0.2, -0.15) is 0 Å². The summed E-state index contributed by atoms with van der Waals surface area (Å²) in [7, 11) is 1.66. The van der Waals surface area contributed by atoms with E-state index in [0.29, 0.717) is 6.54 Å². The first-order valence-electron chi connectivity index (χ1n) is 6.37. The summed E-state index contributed by atoms with van der Waals surface area (Å²) in [6.45, 7) is 7.27. The molecule has 1 heterocycles. The molecule has 6 nitrogen and oxygen atoms in total. The van der Waals surface area contributed by atoms with Crippen LogP contribution in [0.15, 0.2) is 0 Å². The number of rotatable bonds is 3. The Balaban J connectivity index is 2.49. The van der Waals surface area contributed by atoms with E-state index in [4.69, 9.17) is 4.74 Å². The van der Waals surface area contributed by atoms with E-state index in [1.54, 1.807) is 34.7 Å². The lowest BCUT2D eigenvalue weighted by molar-refractivity contribution is -0.158. The number of esters is 1. The molecule has 0 radical (unpaired) electrons. The van der Waals surface area contributed by atoms with Crippen LogP contribution in [0, 0.1) is 5.92 Å². The molecule has 2 amide bonds. The molecule has 0 aliphatic carbocycles. The van der Waals surface area contributed by atoms with Crippen LogP contribution in [-0.2, 0) is 19.1 Å². The number of nitrogens with one attached hydrogen (secondary N) is 1. The third-order valence-corrected chi connectivity index (χ3v) is 2.83. The molecule has 0 saturated carbocycles. The third-order valence-electron chi connectivity index (χ3n) is 2.83. The van der Waals surface area contributed by atoms with Crippen LogP contribution in [0.4, 0.5) is 0 Å². The van der Waals surface area contributed by atoms with E-state index in [-0.39, 0.29) is 24.2 Å². The molecule has 1 saturated heterocycles. The zero-order valence-electron chi connectivity index (χ0n) is 12.1. The van der Waals surface area contributed by atoms with Crippen molar-refractivity contribution in [2.75, 3.05) is 13.6 Å². The van der Waals surface area contributed by atoms with E-state index < -0.39 is 17.6 Å². The molecule has 1 fully saturated rings. The molecule has 1 aliphatic rings. The summed E-state index contributed by atoms with van der Waals surface area (Å²) in [5.74, 6) is -1.19. The van der Waals surface area contributed by atoms with Crippen LogP contribution in [0.25, 0.3) is 0 Å². The van der Waals surface area contributed by atoms with Gasteiger partial charge in [0, 0.05) is 20.0 Å². The zero-order valence-corrected chi connectivity index (χ0v) is 12.1. The SMILES string of the molecule is C[C@H](NC(=O)C1CC(=O)N(C)C1)C(=O)OC(C)(C)C. The van der Waals surface area contributed by atoms with Gasteiger partial charge < -0.3 is 15.0 Å². The summed E-state index contributed by atoms with van der Waals surface area (Å²) < 4.78 is 5.17. The summed E-state index contributed by atoms with van der Waals surface area (Å²) in [5.41, 5.74) is -0.584. The predicted octanol–water partition coefficient (Wildman–Crippen LogP) is 0.311. The Kier molecular flexibility index (Phi) is 4.55. The van der Waals surface area contributed by atoms with Crippen LogP contribution < -0.4 is 5.32 Å². The summed E-state index contributed by atoms with van der Waals surface area (Å²) in [4.78, 5) is 36.5. The molecule has 0 aromatic heterocycles. The van der Waals surface area contributed by atoms with E-state index in [9.17, 15) is 14.4 Å². The van der Waals surface area contributed by atoms with Crippen LogP contribution in [-0.4, -0.2) is 47.9 Å². The van der Waals surface area contributed by atoms with E-state index in [1.165, 1.54) is 4.90 Å². The number of hydrogen-bond acceptors (Lipinski definition) is 4. The highest BCUT2D eigenvalue weighted by Gasteiger charge is 2.33. The summed E-state index contributed by atoms with van der Waals surface area (Å²) in [6, 6.07) is -0.715. The van der Waals surface area contributed by atoms with Crippen molar-refractivity contribution in [1.29, 1.82) is 0 Å². The second kappa shape index (κ2) is 5.59. The van der Waals surface area contributed by atoms with Crippen molar-refractivity contribution in [2.24, 2.45) is 5.92 Å². The molecular formula is C13H22N2O4. The van der Waals surface area contributed by atoms with E-state index in [2.05, 4.69) is 5.32 Å². The summed E-state index contributed by atoms with van der Waals surface area (Å²) in [6.07, 6.45) is 0.198. The van der Waals surface area contributed by atoms with Gasteiger partial charge in [-0.25, -0.2) is 4.79 Å². The van der Waals surface area contributed by atoms with Gasteiger partial charge in [0.25, 0.3) is 0 Å². The van der Waals surface area contributed by atoms with Gasteiger partial charge in [-0.1, -0.05) is 0 Å². The smallest absolute Gasteiger partial charge is 0.328 e. The fourth-order valence-corrected chi connectivity index (χ4v) is 1.82. The van der Waals surface area contributed by atoms with Crippen molar-refractivity contribution in [1.82, 2.24) is 10.2 Å². The van der Waals surface area contributed by atoms with Crippen molar-refractivity contribution < 1.29 is 19.1 Å². The molecule has 6 heteroatoms. The minimum atomic E-state index is -0.715. The predicted molar refractivity (Wildman–Crippen MR) is 69.2 cm³/mol. The van der Waals surface area contributed by atoms with E-state index in [0.717, 1.165) is 0 Å². The van der Waals surface area contributed by atoms with Crippen molar-refractivity contribution in [2.45, 2.75) is 45.8 Å². The van der Waals surface area contributed by atoms with Crippen LogP contribution in [0.5, 0.6) is 0 Å². The van der Waals surface area contributed by atoms with E-state index in [1.807, 2.05) is 0 Å². The Labute approximate surface area is 113 Å². The molecule has 0 spiro atoms. The van der Waals surface area contributed by atoms with Gasteiger partial charge in [-0.3, -0.25) is 9.59 Å². The topological polar surface area (TPSA) is 75.7 Å². The molecule has 1 unspecified atom stereocenters. The molecule has 0 aromatic carbocycles. The van der Waals surface area contributed by atoms with Gasteiger partial charge in [-0.05, 0) is 27.7 Å². The number of amides is 2. The molecule has 2 atom stereocenters. The first kappa shape index (κ1) is 15.5. The van der Waals surface area contributed by atoms with Crippen LogP contribution in [0.3, 0.4) is 0 Å². The number of carbonyl (C=O) groups excluding carboxylic acids is 3. The number of hydrogen-bond donors (Lipinski definition) is 1. The molecule has 1 rings (SSSR count). The first-order valence-corrected chi connectivity index (χ1v) is 6.37. The molecule has 0 bridgehead atoms. The highest BCUT2D eigenvalue weighted by atomic mass is 16.6. The van der Waals surface area contributed by atoms with Gasteiger partial charge in [0.1, 0.15) is 11.6 Å². The third kappa shape index (κ3) is 4.54. The number of nitrogens with zero attached hydrogens (tertiary/aromatic N) is 1. The molecule has 1 aliphatic heterocycles. The second-order valence-electron chi connectivity index (χ2n) is 5.94. The average molecular weight is 270 g/mol. The highest BCUT2D eigenvalue weighted by Crippen LogP contribution is 2.16. The first-order chi connectivity index (χ1) is 8.60. The standard InChI is InChI=1S/C13H22N2O4/c1-8(12(18)19-13(2,3)4)14-11(17)9-6-10(16)15(5)7-9/h8-9H,6-7H2,1-5H3,(H,14,17)/t8-,9?/m0/s1. The monoisotopic (exact) mass is 270 g/mol. The Morgan fingerprint density at radius 1 is 1.42 bits per heavy atom. The van der Waals surface area contributed by atoms with Gasteiger partial charge in [0.2, 0.25) is 11.8 Å². The maximum atomic E-state index is 11.9. The van der Waals surface area contributed by atoms with E-state index >= 15 is 0 Å². The van der Waals surface area contributed by atoms with Gasteiger partial charge >= 0.3 is 5.97 Å². The maximum absolute atomic E-state index is 11.9. The zero-order chi connectivity index (χ0) is 14.8. The van der Waals surface area contributed by atoms with Crippen molar-refractivity contribution in [3.8, 4) is 0 Å². The number of likely N-dealkylation sites (tertiary alicyclic amines) is 1. The molecule has 108 valence electrons. The van der Waals surface area contributed by atoms with Crippen LogP contribution in [0.2, 0.25) is 0 Å². The van der Waals surface area contributed by atoms with Crippen molar-refractivity contribution >= 4 is 17.8 Å². The lowest BCUT2D eigenvalue weighted by Gasteiger charge is -2.23. The van der Waals surface area contributed by atoms with Crippen LogP contribution >= 0.6 is 0 Å². The van der Waals surface area contributed by atoms with Crippen molar-refractivity contribution in [3.63, 3.8) is 0 Å². The number of ether oxygens (including phenoxy) is 1. The minimum Gasteiger partial charge on any atom is -0.458 e. The van der Waals surface area contributed by atoms with Gasteiger partial charge in [0.15, 0.2) is 0 Å². The Hall–Kier alpha value is -1.59. The molecule has 0 aromatic rings. The van der Waals surface area contributed by atoms with Crippen molar-refractivity contribution in [3.05, 3.63) is 0 Å². The molecular weight excluding hydrogens is 248 g/mol. The Morgan fingerprint density at radius 3 is 2.42 bits per heavy atom. The normalized spacial score (nSPS) is 21.2. The quantitative estimate of drug-likeness (QED) is 0.749. The second-order valence-corrected chi connectivity index (χ2v) is 5.94. The largest absolute Gasteiger partial charge is 0.458 e. The maximum Gasteiger partial charge on any atom is 0.328 e. The fraction of sp³-hybridized carbons (Fsp3) is 0.769.